The topological polar surface area (TPSA) is 25.6 Å². The van der Waals surface area contributed by atoms with Gasteiger partial charge in [0.2, 0.25) is 0 Å². The summed E-state index contributed by atoms with van der Waals surface area (Å²) in [4.78, 5) is 4.31. The first kappa shape index (κ1) is 65.1. The molecule has 0 saturated carbocycles. The Balaban J connectivity index is 0.931. The van der Waals surface area contributed by atoms with E-state index < -0.39 is 114 Å². The number of fused-ring (bicyclic) bond motifs is 12. The van der Waals surface area contributed by atoms with Crippen molar-refractivity contribution >= 4 is 101 Å². The van der Waals surface area contributed by atoms with Crippen molar-refractivity contribution in [3.05, 3.63) is 477 Å². The van der Waals surface area contributed by atoms with Gasteiger partial charge >= 0.3 is 0 Å². The molecule has 20 aromatic carbocycles. The second-order valence-electron chi connectivity index (χ2n) is 38.5. The highest BCUT2D eigenvalue weighted by molar-refractivity contribution is 7.00. The van der Waals surface area contributed by atoms with Gasteiger partial charge in [0.1, 0.15) is 11.5 Å². The second-order valence-corrected chi connectivity index (χ2v) is 38.5. The molecule has 0 aliphatic carbocycles. The molecule has 5 heterocycles. The molecule has 0 N–H and O–H groups in total. The average molecular weight is 1770 g/mol. The minimum absolute atomic E-state index is 0.112. The summed E-state index contributed by atoms with van der Waals surface area (Å²) in [6.45, 7) is 16.2. The fourth-order valence-electron chi connectivity index (χ4n) is 21.0. The molecule has 0 fully saturated rings. The van der Waals surface area contributed by atoms with Crippen LogP contribution in [0.1, 0.15) is 102 Å². The lowest BCUT2D eigenvalue weighted by atomic mass is 9.33. The molecule has 0 bridgehead atoms. The zero-order chi connectivity index (χ0) is 108. The maximum Gasteiger partial charge on any atom is 0.252 e. The van der Waals surface area contributed by atoms with Gasteiger partial charge in [-0.25, -0.2) is 0 Å². The maximum absolute atomic E-state index is 12.7. The maximum atomic E-state index is 12.7. The van der Waals surface area contributed by atoms with Crippen molar-refractivity contribution in [2.24, 2.45) is 0 Å². The zero-order valence-corrected chi connectivity index (χ0v) is 76.7. The largest absolute Gasteiger partial charge is 0.457 e. The van der Waals surface area contributed by atoms with E-state index >= 15 is 0 Å². The number of nitrogens with zero attached hydrogens (tertiary/aromatic N) is 4. The molecule has 0 spiro atoms. The van der Waals surface area contributed by atoms with Gasteiger partial charge in [-0.2, -0.15) is 0 Å². The number of para-hydroxylation sites is 5. The van der Waals surface area contributed by atoms with E-state index in [1.165, 1.54) is 9.13 Å². The Kier molecular flexibility index (Phi) is 15.4. The minimum atomic E-state index is -1.19. The van der Waals surface area contributed by atoms with Crippen LogP contribution >= 0.6 is 0 Å². The number of aromatic nitrogens is 2. The quantitative estimate of drug-likeness (QED) is 0.102. The Labute approximate surface area is 827 Å². The van der Waals surface area contributed by atoms with Crippen molar-refractivity contribution in [1.29, 1.82) is 0 Å². The standard InChI is InChI=1S/C131H99BN4O/c1-129(2,3)100-64-61-88(62-65-100)98-75-108(94-47-31-43-89(71-94)84-35-13-9-14-36-84)127(109(76-98)95-48-32-44-90(72-95)85-37-15-10-16-38-85)135-120-82-102(133-116-56-26-21-51-104(116)105-52-22-27-57-117(105)133)66-69-114(120)132-115-70-67-103(134-118-58-28-23-53-106(118)107-54-24-29-59-119(107)134)83-121(115)136(123-78-99(77-122(135)126(123)132)93-63-68-113-125(79-93)137-124-60-30-25-55-112(124)131(113,7)8)128-110(96-49-33-45-91(73-96)86-39-17-11-18-40-86)80-101(130(4,5)6)81-111(128)97-50-34-46-92(74-97)87-41-19-12-20-42-87/h9-83H,1-8H3/i21D,22D,23D,24D,26D,27D,28D,29D,51D,52D,53D,54D,56D,57D,58D,59D,77D,78D. The van der Waals surface area contributed by atoms with E-state index in [0.717, 1.165) is 100 Å². The zero-order valence-electron chi connectivity index (χ0n) is 94.7. The van der Waals surface area contributed by atoms with E-state index in [1.807, 2.05) is 158 Å². The molecule has 6 heteroatoms. The summed E-state index contributed by atoms with van der Waals surface area (Å²) in [7, 11) is 0. The van der Waals surface area contributed by atoms with Crippen LogP contribution in [-0.4, -0.2) is 15.8 Å². The number of benzene rings is 20. The van der Waals surface area contributed by atoms with Crippen LogP contribution in [0.15, 0.2) is 455 Å². The predicted molar refractivity (Wildman–Crippen MR) is 580 cm³/mol. The molecule has 22 aromatic rings. The van der Waals surface area contributed by atoms with Gasteiger partial charge in [0.05, 0.1) is 58.1 Å². The number of hydrogen-bond acceptors (Lipinski definition) is 3. The summed E-state index contributed by atoms with van der Waals surface area (Å²) in [5.74, 6) is 1.07. The molecule has 652 valence electrons. The first-order valence-corrected chi connectivity index (χ1v) is 46.6. The molecule has 2 aromatic heterocycles. The molecule has 0 atom stereocenters. The molecule has 5 nitrogen and oxygen atoms in total. The number of ether oxygens (including phenoxy) is 1. The third kappa shape index (κ3) is 14.0. The lowest BCUT2D eigenvalue weighted by molar-refractivity contribution is 0.418. The Hall–Kier alpha value is -16.5. The van der Waals surface area contributed by atoms with Crippen LogP contribution < -0.4 is 30.9 Å². The van der Waals surface area contributed by atoms with Crippen LogP contribution in [0.2, 0.25) is 0 Å². The fourth-order valence-corrected chi connectivity index (χ4v) is 21.0. The average Bonchev–Trinajstić information content (AvgIpc) is 0.803. The molecular weight excluding hydrogens is 1660 g/mol. The lowest BCUT2D eigenvalue weighted by Crippen LogP contribution is -2.61. The normalized spacial score (nSPS) is 14.9. The van der Waals surface area contributed by atoms with E-state index in [2.05, 4.69) is 241 Å². The van der Waals surface area contributed by atoms with Gasteiger partial charge in [-0.05, 0) is 249 Å². The van der Waals surface area contributed by atoms with Crippen LogP contribution in [0.25, 0.3) is 166 Å². The van der Waals surface area contributed by atoms with E-state index in [4.69, 9.17) is 4.74 Å². The number of rotatable bonds is 14. The minimum Gasteiger partial charge on any atom is -0.457 e. The highest BCUT2D eigenvalue weighted by Crippen LogP contribution is 2.58. The van der Waals surface area contributed by atoms with Crippen molar-refractivity contribution in [3.63, 3.8) is 0 Å². The third-order valence-corrected chi connectivity index (χ3v) is 27.9. The van der Waals surface area contributed by atoms with Crippen LogP contribution in [0.3, 0.4) is 0 Å². The Bertz CT molecular complexity index is 9420. The Morgan fingerprint density at radius 2 is 0.591 bits per heavy atom. The van der Waals surface area contributed by atoms with Crippen molar-refractivity contribution < 1.29 is 29.4 Å². The van der Waals surface area contributed by atoms with Crippen LogP contribution in [0.4, 0.5) is 34.1 Å². The third-order valence-electron chi connectivity index (χ3n) is 27.9. The molecule has 3 aliphatic heterocycles. The van der Waals surface area contributed by atoms with Crippen molar-refractivity contribution in [3.8, 4) is 134 Å². The van der Waals surface area contributed by atoms with Gasteiger partial charge in [-0.1, -0.05) is 389 Å². The molecule has 0 radical (unpaired) electrons. The molecule has 25 rings (SSSR count). The van der Waals surface area contributed by atoms with E-state index in [9.17, 15) is 24.7 Å². The van der Waals surface area contributed by atoms with Crippen LogP contribution in [0.5, 0.6) is 11.5 Å². The van der Waals surface area contributed by atoms with E-state index in [1.54, 1.807) is 12.1 Å². The fraction of sp³-hybridized carbons (Fsp3) is 0.0840. The van der Waals surface area contributed by atoms with Gasteiger partial charge in [-0.15, -0.1) is 0 Å². The second kappa shape index (κ2) is 32.4. The molecule has 0 saturated heterocycles. The molecular formula is C131H99BN4O. The monoisotopic (exact) mass is 1770 g/mol. The Morgan fingerprint density at radius 3 is 0.985 bits per heavy atom. The first-order chi connectivity index (χ1) is 74.4. The summed E-state index contributed by atoms with van der Waals surface area (Å²) >= 11 is 0. The summed E-state index contributed by atoms with van der Waals surface area (Å²) < 4.78 is 193. The number of anilines is 6. The van der Waals surface area contributed by atoms with Gasteiger partial charge in [-0.3, -0.25) is 0 Å². The van der Waals surface area contributed by atoms with E-state index in [0.29, 0.717) is 78.5 Å². The summed E-state index contributed by atoms with van der Waals surface area (Å²) in [6, 6.07) is 107. The van der Waals surface area contributed by atoms with E-state index in [-0.39, 0.29) is 89.4 Å². The summed E-state index contributed by atoms with van der Waals surface area (Å²) in [5, 5.41) is -0.620. The molecule has 137 heavy (non-hydrogen) atoms. The SMILES string of the molecule is [2H]c1c(-c2ccc3c(c2)Oc2ccccc2C3(C)C)c([2H])c2c3c1N(c1c(-c4cccc(-c5ccccc5)c4)cc(-c4ccc(C(C)(C)C)cc4)cc1-c1cccc(-c4ccccc4)c1)c1cc(-n4c5c([2H])c([2H])c([2H])c([2H])c5c5c([2H])c([2H])c([2H])c([2H])c54)ccc1B3c1ccc(-n3c4c([2H])c([2H])c([2H])c([2H])c4c4c([2H])c([2H])c([2H])c([2H])c43)cc1N2c1c(-c2cccc(-c3ccccc3)c2)cc(C(C)(C)C)cc1-c1cccc(-c2ccccc2)c1. The van der Waals surface area contributed by atoms with Gasteiger partial charge in [0.25, 0.3) is 6.71 Å². The van der Waals surface area contributed by atoms with Gasteiger partial charge in [0, 0.05) is 94.5 Å². The summed E-state index contributed by atoms with van der Waals surface area (Å²) in [5.41, 5.74) is 20.5. The van der Waals surface area contributed by atoms with Gasteiger partial charge in [0.15, 0.2) is 0 Å². The van der Waals surface area contributed by atoms with Crippen LogP contribution in [0, 0.1) is 0 Å². The van der Waals surface area contributed by atoms with Crippen molar-refractivity contribution in [2.45, 2.75) is 71.6 Å². The lowest BCUT2D eigenvalue weighted by Gasteiger charge is -2.46. The highest BCUT2D eigenvalue weighted by Gasteiger charge is 2.47. The van der Waals surface area contributed by atoms with Crippen LogP contribution in [-0.2, 0) is 16.2 Å². The number of hydrogen-bond donors (Lipinski definition) is 0. The van der Waals surface area contributed by atoms with Crippen molar-refractivity contribution in [2.75, 3.05) is 9.80 Å². The predicted octanol–water partition coefficient (Wildman–Crippen LogP) is 33.7. The molecule has 0 amide bonds. The Morgan fingerprint density at radius 1 is 0.263 bits per heavy atom. The summed E-state index contributed by atoms with van der Waals surface area (Å²) in [6.07, 6.45) is 0. The highest BCUT2D eigenvalue weighted by atomic mass is 16.5. The molecule has 0 unspecified atom stereocenters. The first-order valence-electron chi connectivity index (χ1n) is 55.6. The van der Waals surface area contributed by atoms with Crippen molar-refractivity contribution in [1.82, 2.24) is 9.13 Å². The molecule has 3 aliphatic rings. The smallest absolute Gasteiger partial charge is 0.252 e. The van der Waals surface area contributed by atoms with Gasteiger partial charge < -0.3 is 23.7 Å².